The van der Waals surface area contributed by atoms with Crippen LogP contribution < -0.4 is 5.32 Å². The van der Waals surface area contributed by atoms with Crippen LogP contribution in [0.5, 0.6) is 0 Å². The second-order valence-electron chi connectivity index (χ2n) is 4.33. The van der Waals surface area contributed by atoms with Gasteiger partial charge in [0.1, 0.15) is 5.60 Å². The molecule has 0 radical (unpaired) electrons. The molecule has 0 aliphatic carbocycles. The van der Waals surface area contributed by atoms with Crippen molar-refractivity contribution in [3.8, 4) is 0 Å². The van der Waals surface area contributed by atoms with Gasteiger partial charge >= 0.3 is 6.09 Å². The van der Waals surface area contributed by atoms with Crippen molar-refractivity contribution < 1.29 is 14.3 Å². The van der Waals surface area contributed by atoms with Crippen molar-refractivity contribution in [2.24, 2.45) is 4.99 Å². The minimum atomic E-state index is -0.473. The first-order chi connectivity index (χ1) is 6.97. The molecule has 0 unspecified atom stereocenters. The minimum Gasteiger partial charge on any atom is -0.480 e. The SMILES string of the molecule is CC(C)(C)OC(=O)NCC1=NCCCO1. The average Bonchev–Trinajstić information content (AvgIpc) is 2.14. The Morgan fingerprint density at radius 1 is 1.60 bits per heavy atom. The zero-order valence-electron chi connectivity index (χ0n) is 9.50. The van der Waals surface area contributed by atoms with Gasteiger partial charge in [-0.1, -0.05) is 0 Å². The Bertz CT molecular complexity index is 256. The lowest BCUT2D eigenvalue weighted by Crippen LogP contribution is -2.36. The van der Waals surface area contributed by atoms with Gasteiger partial charge in [-0.15, -0.1) is 0 Å². The Morgan fingerprint density at radius 2 is 2.33 bits per heavy atom. The Balaban J connectivity index is 2.24. The number of rotatable bonds is 2. The summed E-state index contributed by atoms with van der Waals surface area (Å²) < 4.78 is 10.3. The normalized spacial score (nSPS) is 16.3. The van der Waals surface area contributed by atoms with Crippen LogP contribution in [0, 0.1) is 0 Å². The van der Waals surface area contributed by atoms with E-state index in [0.717, 1.165) is 13.0 Å². The van der Waals surface area contributed by atoms with Gasteiger partial charge in [-0.25, -0.2) is 4.79 Å². The molecule has 1 aliphatic rings. The van der Waals surface area contributed by atoms with E-state index in [0.29, 0.717) is 19.0 Å². The number of carbonyl (C=O) groups excluding carboxylic acids is 1. The summed E-state index contributed by atoms with van der Waals surface area (Å²) in [6, 6.07) is 0. The molecule has 0 spiro atoms. The zero-order valence-corrected chi connectivity index (χ0v) is 9.50. The van der Waals surface area contributed by atoms with E-state index in [9.17, 15) is 4.79 Å². The summed E-state index contributed by atoms with van der Waals surface area (Å²) in [7, 11) is 0. The van der Waals surface area contributed by atoms with Gasteiger partial charge in [0.2, 0.25) is 5.90 Å². The standard InChI is InChI=1S/C10H18N2O3/c1-10(2,3)15-9(13)12-7-8-11-5-4-6-14-8/h4-7H2,1-3H3,(H,12,13). The Kier molecular flexibility index (Phi) is 3.94. The lowest BCUT2D eigenvalue weighted by Gasteiger charge is -2.20. The Labute approximate surface area is 89.9 Å². The first-order valence-electron chi connectivity index (χ1n) is 5.10. The summed E-state index contributed by atoms with van der Waals surface area (Å²) in [5.41, 5.74) is -0.473. The van der Waals surface area contributed by atoms with E-state index >= 15 is 0 Å². The molecular weight excluding hydrogens is 196 g/mol. The molecule has 5 heteroatoms. The van der Waals surface area contributed by atoms with Gasteiger partial charge in [0.15, 0.2) is 0 Å². The maximum Gasteiger partial charge on any atom is 0.408 e. The van der Waals surface area contributed by atoms with Gasteiger partial charge in [-0.3, -0.25) is 4.99 Å². The highest BCUT2D eigenvalue weighted by Gasteiger charge is 2.16. The van der Waals surface area contributed by atoms with Crippen LogP contribution in [-0.2, 0) is 9.47 Å². The molecule has 0 saturated carbocycles. The van der Waals surface area contributed by atoms with Crippen LogP contribution in [0.1, 0.15) is 27.2 Å². The van der Waals surface area contributed by atoms with E-state index in [1.807, 2.05) is 20.8 Å². The molecule has 0 aromatic carbocycles. The number of aliphatic imine (C=N–C) groups is 1. The molecule has 0 aromatic rings. The van der Waals surface area contributed by atoms with Crippen molar-refractivity contribution in [3.63, 3.8) is 0 Å². The number of carbonyl (C=O) groups is 1. The molecule has 0 bridgehead atoms. The van der Waals surface area contributed by atoms with Crippen LogP contribution in [0.25, 0.3) is 0 Å². The smallest absolute Gasteiger partial charge is 0.408 e. The van der Waals surface area contributed by atoms with E-state index in [-0.39, 0.29) is 0 Å². The van der Waals surface area contributed by atoms with Crippen molar-refractivity contribution in [1.29, 1.82) is 0 Å². The molecule has 1 amide bonds. The predicted molar refractivity (Wildman–Crippen MR) is 57.1 cm³/mol. The van der Waals surface area contributed by atoms with E-state index in [2.05, 4.69) is 10.3 Å². The summed E-state index contributed by atoms with van der Waals surface area (Å²) in [5, 5.41) is 2.59. The zero-order chi connectivity index (χ0) is 11.3. The molecule has 1 rings (SSSR count). The van der Waals surface area contributed by atoms with Gasteiger partial charge in [-0.2, -0.15) is 0 Å². The molecule has 1 heterocycles. The number of hydrogen-bond acceptors (Lipinski definition) is 4. The fraction of sp³-hybridized carbons (Fsp3) is 0.800. The number of nitrogens with zero attached hydrogens (tertiary/aromatic N) is 1. The second-order valence-corrected chi connectivity index (χ2v) is 4.33. The summed E-state index contributed by atoms with van der Waals surface area (Å²) in [5.74, 6) is 0.576. The molecule has 86 valence electrons. The van der Waals surface area contributed by atoms with E-state index in [4.69, 9.17) is 9.47 Å². The van der Waals surface area contributed by atoms with Crippen molar-refractivity contribution in [1.82, 2.24) is 5.32 Å². The topological polar surface area (TPSA) is 59.9 Å². The van der Waals surface area contributed by atoms with Crippen LogP contribution in [0.3, 0.4) is 0 Å². The lowest BCUT2D eigenvalue weighted by molar-refractivity contribution is 0.0532. The molecular formula is C10H18N2O3. The average molecular weight is 214 g/mol. The Hall–Kier alpha value is -1.26. The predicted octanol–water partition coefficient (Wildman–Crippen LogP) is 1.33. The van der Waals surface area contributed by atoms with Crippen LogP contribution in [0.15, 0.2) is 4.99 Å². The maximum absolute atomic E-state index is 11.3. The number of nitrogens with one attached hydrogen (secondary N) is 1. The molecule has 0 atom stereocenters. The van der Waals surface area contributed by atoms with Gasteiger partial charge in [-0.05, 0) is 20.8 Å². The van der Waals surface area contributed by atoms with Crippen molar-refractivity contribution in [2.75, 3.05) is 19.7 Å². The first-order valence-corrected chi connectivity index (χ1v) is 5.10. The highest BCUT2D eigenvalue weighted by atomic mass is 16.6. The van der Waals surface area contributed by atoms with E-state index in [1.54, 1.807) is 0 Å². The molecule has 0 aromatic heterocycles. The first kappa shape index (κ1) is 11.8. The maximum atomic E-state index is 11.3. The van der Waals surface area contributed by atoms with Crippen LogP contribution in [-0.4, -0.2) is 37.3 Å². The third kappa shape index (κ3) is 5.24. The molecule has 1 N–H and O–H groups in total. The van der Waals surface area contributed by atoms with Crippen LogP contribution >= 0.6 is 0 Å². The van der Waals surface area contributed by atoms with Crippen molar-refractivity contribution in [3.05, 3.63) is 0 Å². The van der Waals surface area contributed by atoms with E-state index < -0.39 is 11.7 Å². The van der Waals surface area contributed by atoms with Crippen LogP contribution in [0.2, 0.25) is 0 Å². The second kappa shape index (κ2) is 5.00. The van der Waals surface area contributed by atoms with Crippen LogP contribution in [0.4, 0.5) is 4.79 Å². The fourth-order valence-corrected chi connectivity index (χ4v) is 1.07. The summed E-state index contributed by atoms with van der Waals surface area (Å²) in [6.07, 6.45) is 0.495. The minimum absolute atomic E-state index is 0.301. The number of ether oxygens (including phenoxy) is 2. The third-order valence-electron chi connectivity index (χ3n) is 1.64. The molecule has 5 nitrogen and oxygen atoms in total. The molecule has 15 heavy (non-hydrogen) atoms. The number of amides is 1. The highest BCUT2D eigenvalue weighted by Crippen LogP contribution is 2.06. The quantitative estimate of drug-likeness (QED) is 0.754. The number of hydrogen-bond donors (Lipinski definition) is 1. The fourth-order valence-electron chi connectivity index (χ4n) is 1.07. The largest absolute Gasteiger partial charge is 0.480 e. The van der Waals surface area contributed by atoms with Gasteiger partial charge < -0.3 is 14.8 Å². The van der Waals surface area contributed by atoms with Crippen molar-refractivity contribution in [2.45, 2.75) is 32.8 Å². The summed E-state index contributed by atoms with van der Waals surface area (Å²) in [6.45, 7) is 7.21. The van der Waals surface area contributed by atoms with E-state index in [1.165, 1.54) is 0 Å². The lowest BCUT2D eigenvalue weighted by atomic mass is 10.2. The molecule has 0 fully saturated rings. The number of alkyl carbamates (subject to hydrolysis) is 1. The third-order valence-corrected chi connectivity index (χ3v) is 1.64. The Morgan fingerprint density at radius 3 is 2.87 bits per heavy atom. The van der Waals surface area contributed by atoms with Gasteiger partial charge in [0, 0.05) is 13.0 Å². The summed E-state index contributed by atoms with van der Waals surface area (Å²) in [4.78, 5) is 15.4. The van der Waals surface area contributed by atoms with Gasteiger partial charge in [0.05, 0.1) is 13.2 Å². The molecule has 0 saturated heterocycles. The van der Waals surface area contributed by atoms with Crippen molar-refractivity contribution >= 4 is 12.0 Å². The monoisotopic (exact) mass is 214 g/mol. The highest BCUT2D eigenvalue weighted by molar-refractivity contribution is 5.82. The summed E-state index contributed by atoms with van der Waals surface area (Å²) >= 11 is 0. The van der Waals surface area contributed by atoms with Gasteiger partial charge in [0.25, 0.3) is 0 Å². The molecule has 1 aliphatic heterocycles.